The lowest BCUT2D eigenvalue weighted by Gasteiger charge is -2.29. The molecular formula is C16H13ClFNO. The molecule has 2 aromatic rings. The number of fused-ring (bicyclic) bond motifs is 1. The predicted molar refractivity (Wildman–Crippen MR) is 77.8 cm³/mol. The van der Waals surface area contributed by atoms with Crippen molar-refractivity contribution in [2.45, 2.75) is 12.8 Å². The van der Waals surface area contributed by atoms with E-state index in [4.69, 9.17) is 11.6 Å². The summed E-state index contributed by atoms with van der Waals surface area (Å²) >= 11 is 5.83. The molecule has 0 radical (unpaired) electrons. The summed E-state index contributed by atoms with van der Waals surface area (Å²) in [5, 5.41) is 0.589. The normalized spacial score (nSPS) is 14.0. The fraction of sp³-hybridized carbons (Fsp3) is 0.188. The monoisotopic (exact) mass is 289 g/mol. The second-order valence-corrected chi connectivity index (χ2v) is 5.28. The van der Waals surface area contributed by atoms with Crippen LogP contribution < -0.4 is 4.90 Å². The maximum atomic E-state index is 13.4. The molecule has 1 heterocycles. The van der Waals surface area contributed by atoms with Crippen LogP contribution in [0.3, 0.4) is 0 Å². The van der Waals surface area contributed by atoms with Crippen molar-refractivity contribution in [1.29, 1.82) is 0 Å². The van der Waals surface area contributed by atoms with Gasteiger partial charge >= 0.3 is 0 Å². The van der Waals surface area contributed by atoms with Crippen LogP contribution in [0.25, 0.3) is 0 Å². The SMILES string of the molecule is O=C(c1ccc(Cl)cc1)N1CCCc2ccc(F)cc21. The molecule has 1 aliphatic heterocycles. The molecule has 2 nitrogen and oxygen atoms in total. The van der Waals surface area contributed by atoms with Gasteiger partial charge in [0.1, 0.15) is 5.82 Å². The third-order valence-electron chi connectivity index (χ3n) is 3.50. The lowest BCUT2D eigenvalue weighted by molar-refractivity contribution is 0.0985. The summed E-state index contributed by atoms with van der Waals surface area (Å²) in [6.07, 6.45) is 1.76. The van der Waals surface area contributed by atoms with Crippen molar-refractivity contribution in [3.05, 3.63) is 64.4 Å². The van der Waals surface area contributed by atoms with Crippen LogP contribution in [0.15, 0.2) is 42.5 Å². The lowest BCUT2D eigenvalue weighted by atomic mass is 10.0. The minimum Gasteiger partial charge on any atom is -0.308 e. The van der Waals surface area contributed by atoms with Gasteiger partial charge in [-0.1, -0.05) is 17.7 Å². The molecule has 1 aliphatic rings. The van der Waals surface area contributed by atoms with Gasteiger partial charge in [-0.15, -0.1) is 0 Å². The molecule has 2 aromatic carbocycles. The number of amides is 1. The topological polar surface area (TPSA) is 20.3 Å². The highest BCUT2D eigenvalue weighted by Crippen LogP contribution is 2.29. The quantitative estimate of drug-likeness (QED) is 0.775. The minimum absolute atomic E-state index is 0.117. The van der Waals surface area contributed by atoms with Gasteiger partial charge in [-0.05, 0) is 54.8 Å². The number of anilines is 1. The van der Waals surface area contributed by atoms with Crippen LogP contribution in [0, 0.1) is 5.82 Å². The van der Waals surface area contributed by atoms with E-state index in [9.17, 15) is 9.18 Å². The van der Waals surface area contributed by atoms with Crippen molar-refractivity contribution in [2.75, 3.05) is 11.4 Å². The predicted octanol–water partition coefficient (Wildman–Crippen LogP) is 4.07. The van der Waals surface area contributed by atoms with Crippen molar-refractivity contribution in [1.82, 2.24) is 0 Å². The molecule has 3 rings (SSSR count). The summed E-state index contributed by atoms with van der Waals surface area (Å²) in [5.74, 6) is -0.437. The van der Waals surface area contributed by atoms with Crippen molar-refractivity contribution in [3.63, 3.8) is 0 Å². The number of carbonyl (C=O) groups excluding carboxylic acids is 1. The number of nitrogens with zero attached hydrogens (tertiary/aromatic N) is 1. The molecule has 0 bridgehead atoms. The van der Waals surface area contributed by atoms with Crippen LogP contribution in [0.1, 0.15) is 22.3 Å². The fourth-order valence-corrected chi connectivity index (χ4v) is 2.63. The summed E-state index contributed by atoms with van der Waals surface area (Å²) < 4.78 is 13.4. The van der Waals surface area contributed by atoms with Crippen LogP contribution in [-0.2, 0) is 6.42 Å². The van der Waals surface area contributed by atoms with E-state index in [2.05, 4.69) is 0 Å². The molecule has 102 valence electrons. The number of benzene rings is 2. The van der Waals surface area contributed by atoms with E-state index in [1.54, 1.807) is 35.2 Å². The Labute approximate surface area is 121 Å². The van der Waals surface area contributed by atoms with Crippen molar-refractivity contribution in [2.24, 2.45) is 0 Å². The zero-order chi connectivity index (χ0) is 14.1. The standard InChI is InChI=1S/C16H13ClFNO/c17-13-6-3-12(4-7-13)16(20)19-9-1-2-11-5-8-14(18)10-15(11)19/h3-8,10H,1-2,9H2. The molecular weight excluding hydrogens is 277 g/mol. The van der Waals surface area contributed by atoms with Crippen LogP contribution in [0.4, 0.5) is 10.1 Å². The largest absolute Gasteiger partial charge is 0.308 e. The van der Waals surface area contributed by atoms with Gasteiger partial charge in [0.2, 0.25) is 0 Å². The molecule has 0 aromatic heterocycles. The van der Waals surface area contributed by atoms with Crippen LogP contribution >= 0.6 is 11.6 Å². The molecule has 4 heteroatoms. The van der Waals surface area contributed by atoms with Gasteiger partial charge in [-0.3, -0.25) is 4.79 Å². The highest BCUT2D eigenvalue weighted by molar-refractivity contribution is 6.30. The summed E-state index contributed by atoms with van der Waals surface area (Å²) in [6, 6.07) is 11.4. The lowest BCUT2D eigenvalue weighted by Crippen LogP contribution is -2.35. The first-order chi connectivity index (χ1) is 9.65. The van der Waals surface area contributed by atoms with Crippen LogP contribution in [-0.4, -0.2) is 12.5 Å². The summed E-state index contributed by atoms with van der Waals surface area (Å²) in [6.45, 7) is 0.609. The van der Waals surface area contributed by atoms with Crippen molar-refractivity contribution in [3.8, 4) is 0 Å². The summed E-state index contributed by atoms with van der Waals surface area (Å²) in [7, 11) is 0. The zero-order valence-electron chi connectivity index (χ0n) is 10.8. The highest BCUT2D eigenvalue weighted by Gasteiger charge is 2.23. The van der Waals surface area contributed by atoms with Gasteiger partial charge in [0, 0.05) is 17.1 Å². The van der Waals surface area contributed by atoms with Gasteiger partial charge in [0.05, 0.1) is 5.69 Å². The van der Waals surface area contributed by atoms with Gasteiger partial charge in [0.25, 0.3) is 5.91 Å². The van der Waals surface area contributed by atoms with E-state index in [0.29, 0.717) is 22.8 Å². The van der Waals surface area contributed by atoms with Crippen LogP contribution in [0.5, 0.6) is 0 Å². The first kappa shape index (κ1) is 13.1. The minimum atomic E-state index is -0.320. The Bertz CT molecular complexity index is 654. The molecule has 0 spiro atoms. The average Bonchev–Trinajstić information content (AvgIpc) is 2.46. The molecule has 20 heavy (non-hydrogen) atoms. The Morgan fingerprint density at radius 1 is 1.15 bits per heavy atom. The molecule has 0 fully saturated rings. The fourth-order valence-electron chi connectivity index (χ4n) is 2.51. The van der Waals surface area contributed by atoms with Gasteiger partial charge in [0.15, 0.2) is 0 Å². The first-order valence-corrected chi connectivity index (χ1v) is 6.89. The molecule has 0 saturated heterocycles. The molecule has 0 unspecified atom stereocenters. The number of carbonyl (C=O) groups is 1. The highest BCUT2D eigenvalue weighted by atomic mass is 35.5. The third-order valence-corrected chi connectivity index (χ3v) is 3.75. The van der Waals surface area contributed by atoms with Gasteiger partial charge < -0.3 is 4.90 Å². The Morgan fingerprint density at radius 3 is 2.65 bits per heavy atom. The Morgan fingerprint density at radius 2 is 1.90 bits per heavy atom. The van der Waals surface area contributed by atoms with Gasteiger partial charge in [-0.25, -0.2) is 4.39 Å². The summed E-state index contributed by atoms with van der Waals surface area (Å²) in [5.41, 5.74) is 2.25. The molecule has 0 atom stereocenters. The molecule has 0 N–H and O–H groups in total. The smallest absolute Gasteiger partial charge is 0.258 e. The van der Waals surface area contributed by atoms with E-state index >= 15 is 0 Å². The van der Waals surface area contributed by atoms with E-state index < -0.39 is 0 Å². The second-order valence-electron chi connectivity index (χ2n) is 4.84. The maximum Gasteiger partial charge on any atom is 0.258 e. The maximum absolute atomic E-state index is 13.4. The number of hydrogen-bond donors (Lipinski definition) is 0. The molecule has 0 saturated carbocycles. The van der Waals surface area contributed by atoms with Crippen molar-refractivity contribution < 1.29 is 9.18 Å². The first-order valence-electron chi connectivity index (χ1n) is 6.51. The average molecular weight is 290 g/mol. The van der Waals surface area contributed by atoms with E-state index in [1.165, 1.54) is 12.1 Å². The Kier molecular flexibility index (Phi) is 3.45. The molecule has 1 amide bonds. The Balaban J connectivity index is 1.97. The van der Waals surface area contributed by atoms with Gasteiger partial charge in [-0.2, -0.15) is 0 Å². The van der Waals surface area contributed by atoms with E-state index in [-0.39, 0.29) is 11.7 Å². The zero-order valence-corrected chi connectivity index (χ0v) is 11.5. The second kappa shape index (κ2) is 5.25. The Hall–Kier alpha value is -1.87. The third kappa shape index (κ3) is 2.41. The number of aryl methyl sites for hydroxylation is 1. The van der Waals surface area contributed by atoms with E-state index in [1.807, 2.05) is 0 Å². The molecule has 0 aliphatic carbocycles. The number of rotatable bonds is 1. The number of hydrogen-bond acceptors (Lipinski definition) is 1. The summed E-state index contributed by atoms with van der Waals surface area (Å²) in [4.78, 5) is 14.2. The van der Waals surface area contributed by atoms with Crippen molar-refractivity contribution >= 4 is 23.2 Å². The van der Waals surface area contributed by atoms with E-state index in [0.717, 1.165) is 18.4 Å². The van der Waals surface area contributed by atoms with Crippen LogP contribution in [0.2, 0.25) is 5.02 Å². The number of halogens is 2.